The highest BCUT2D eigenvalue weighted by atomic mass is 16.2. The van der Waals surface area contributed by atoms with Crippen molar-refractivity contribution in [2.24, 2.45) is 5.92 Å². The summed E-state index contributed by atoms with van der Waals surface area (Å²) in [6.07, 6.45) is 6.19. The minimum Gasteiger partial charge on any atom is -0.334 e. The summed E-state index contributed by atoms with van der Waals surface area (Å²) in [7, 11) is 0. The van der Waals surface area contributed by atoms with Crippen molar-refractivity contribution in [3.8, 4) is 0 Å². The molecule has 3 rings (SSSR count). The first kappa shape index (κ1) is 12.5. The summed E-state index contributed by atoms with van der Waals surface area (Å²) in [4.78, 5) is 14.7. The van der Waals surface area contributed by atoms with Crippen LogP contribution in [0.3, 0.4) is 0 Å². The Morgan fingerprint density at radius 2 is 2.32 bits per heavy atom. The normalized spacial score (nSPS) is 27.5. The zero-order valence-electron chi connectivity index (χ0n) is 11.1. The summed E-state index contributed by atoms with van der Waals surface area (Å²) in [5, 5.41) is 11.2. The van der Waals surface area contributed by atoms with Gasteiger partial charge in [0.2, 0.25) is 0 Å². The van der Waals surface area contributed by atoms with Gasteiger partial charge in [-0.1, -0.05) is 6.42 Å². The zero-order chi connectivity index (χ0) is 13.1. The van der Waals surface area contributed by atoms with Crippen LogP contribution in [0.25, 0.3) is 0 Å². The van der Waals surface area contributed by atoms with E-state index in [0.29, 0.717) is 17.7 Å². The third kappa shape index (κ3) is 2.61. The Morgan fingerprint density at radius 3 is 3.16 bits per heavy atom. The predicted octanol–water partition coefficient (Wildman–Crippen LogP) is 1.08. The number of carbonyl (C=O) groups excluding carboxylic acids is 1. The lowest BCUT2D eigenvalue weighted by atomic mass is 9.89. The fraction of sp³-hybridized carbons (Fsp3) is 0.643. The highest BCUT2D eigenvalue weighted by molar-refractivity contribution is 5.92. The topological polar surface area (TPSA) is 58.1 Å². The van der Waals surface area contributed by atoms with Crippen molar-refractivity contribution in [1.29, 1.82) is 0 Å². The monoisotopic (exact) mass is 260 g/mol. The number of rotatable bonds is 1. The van der Waals surface area contributed by atoms with E-state index in [4.69, 9.17) is 0 Å². The maximum Gasteiger partial charge on any atom is 0.274 e. The van der Waals surface area contributed by atoms with Gasteiger partial charge in [-0.2, -0.15) is 5.10 Å². The van der Waals surface area contributed by atoms with Gasteiger partial charge in [-0.25, -0.2) is 0 Å². The van der Waals surface area contributed by atoms with E-state index in [0.717, 1.165) is 32.5 Å². The third-order valence-corrected chi connectivity index (χ3v) is 4.24. The molecule has 5 heteroatoms. The predicted molar refractivity (Wildman–Crippen MR) is 71.7 cm³/mol. The highest BCUT2D eigenvalue weighted by Gasteiger charge is 2.34. The van der Waals surface area contributed by atoms with E-state index < -0.39 is 0 Å². The lowest BCUT2D eigenvalue weighted by Gasteiger charge is -2.38. The Bertz CT molecular complexity index is 436. The molecule has 2 atom stereocenters. The van der Waals surface area contributed by atoms with Gasteiger partial charge in [0.15, 0.2) is 5.69 Å². The molecule has 1 aromatic rings. The zero-order valence-corrected chi connectivity index (χ0v) is 11.1. The minimum atomic E-state index is 0.0481. The summed E-state index contributed by atoms with van der Waals surface area (Å²) < 4.78 is 0. The second-order valence-corrected chi connectivity index (χ2v) is 5.42. The Hall–Kier alpha value is -1.49. The van der Waals surface area contributed by atoms with Crippen LogP contribution in [0.2, 0.25) is 0 Å². The average Bonchev–Trinajstić information content (AvgIpc) is 2.70. The summed E-state index contributed by atoms with van der Waals surface area (Å²) in [5.74, 6) is 0.642. The SMILES string of the molecule is O=C(c1cccnn1)N1CCCC[C@H]2CNCC[C@H]21. The van der Waals surface area contributed by atoms with E-state index in [1.54, 1.807) is 18.3 Å². The lowest BCUT2D eigenvalue weighted by Crippen LogP contribution is -2.51. The number of aromatic nitrogens is 2. The molecule has 19 heavy (non-hydrogen) atoms. The molecule has 1 amide bonds. The first-order valence-corrected chi connectivity index (χ1v) is 7.15. The standard InChI is InChI=1S/C14H20N4O/c19-14(12-5-3-7-16-17-12)18-9-2-1-4-11-10-15-8-6-13(11)18/h3,5,7,11,13,15H,1-2,4,6,8-10H2/t11-,13+/m0/s1. The van der Waals surface area contributed by atoms with Crippen LogP contribution in [0, 0.1) is 5.92 Å². The van der Waals surface area contributed by atoms with Crippen LogP contribution >= 0.6 is 0 Å². The van der Waals surface area contributed by atoms with Gasteiger partial charge in [0.25, 0.3) is 5.91 Å². The van der Waals surface area contributed by atoms with E-state index >= 15 is 0 Å². The Balaban J connectivity index is 1.82. The molecule has 102 valence electrons. The van der Waals surface area contributed by atoms with Crippen LogP contribution in [0.1, 0.15) is 36.2 Å². The van der Waals surface area contributed by atoms with Gasteiger partial charge in [-0.15, -0.1) is 5.10 Å². The molecule has 3 heterocycles. The maximum atomic E-state index is 12.6. The van der Waals surface area contributed by atoms with Gasteiger partial charge >= 0.3 is 0 Å². The van der Waals surface area contributed by atoms with Crippen LogP contribution in [0.15, 0.2) is 18.3 Å². The number of hydrogen-bond acceptors (Lipinski definition) is 4. The molecule has 0 spiro atoms. The first-order valence-electron chi connectivity index (χ1n) is 7.15. The van der Waals surface area contributed by atoms with Crippen LogP contribution in [0.4, 0.5) is 0 Å². The number of amides is 1. The molecule has 0 radical (unpaired) electrons. The van der Waals surface area contributed by atoms with Crippen molar-refractivity contribution >= 4 is 5.91 Å². The number of nitrogens with zero attached hydrogens (tertiary/aromatic N) is 3. The third-order valence-electron chi connectivity index (χ3n) is 4.24. The maximum absolute atomic E-state index is 12.6. The van der Waals surface area contributed by atoms with Crippen molar-refractivity contribution in [3.05, 3.63) is 24.0 Å². The number of likely N-dealkylation sites (tertiary alicyclic amines) is 1. The second kappa shape index (κ2) is 5.65. The number of piperidine rings is 1. The molecule has 0 saturated carbocycles. The highest BCUT2D eigenvalue weighted by Crippen LogP contribution is 2.27. The molecule has 2 aliphatic heterocycles. The van der Waals surface area contributed by atoms with Gasteiger partial charge in [0.05, 0.1) is 0 Å². The molecule has 1 aromatic heterocycles. The number of nitrogens with one attached hydrogen (secondary N) is 1. The molecule has 0 bridgehead atoms. The number of fused-ring (bicyclic) bond motifs is 1. The Labute approximate surface area is 113 Å². The van der Waals surface area contributed by atoms with E-state index in [-0.39, 0.29) is 5.91 Å². The Morgan fingerprint density at radius 1 is 1.37 bits per heavy atom. The van der Waals surface area contributed by atoms with Crippen molar-refractivity contribution in [3.63, 3.8) is 0 Å². The number of hydrogen-bond donors (Lipinski definition) is 1. The van der Waals surface area contributed by atoms with Crippen LogP contribution < -0.4 is 5.32 Å². The van der Waals surface area contributed by atoms with Gasteiger partial charge in [-0.3, -0.25) is 4.79 Å². The average molecular weight is 260 g/mol. The first-order chi connectivity index (χ1) is 9.36. The second-order valence-electron chi connectivity index (χ2n) is 5.42. The summed E-state index contributed by atoms with van der Waals surface area (Å²) >= 11 is 0. The molecular weight excluding hydrogens is 240 g/mol. The minimum absolute atomic E-state index is 0.0481. The molecule has 1 N–H and O–H groups in total. The number of carbonyl (C=O) groups is 1. The molecular formula is C14H20N4O. The summed E-state index contributed by atoms with van der Waals surface area (Å²) in [6, 6.07) is 3.91. The largest absolute Gasteiger partial charge is 0.334 e. The fourth-order valence-electron chi connectivity index (χ4n) is 3.28. The lowest BCUT2D eigenvalue weighted by molar-refractivity contribution is 0.0579. The quantitative estimate of drug-likeness (QED) is 0.821. The summed E-state index contributed by atoms with van der Waals surface area (Å²) in [6.45, 7) is 2.90. The fourth-order valence-corrected chi connectivity index (χ4v) is 3.28. The molecule has 5 nitrogen and oxygen atoms in total. The van der Waals surface area contributed by atoms with Crippen LogP contribution in [-0.2, 0) is 0 Å². The molecule has 0 aromatic carbocycles. The van der Waals surface area contributed by atoms with E-state index in [1.807, 2.05) is 4.90 Å². The molecule has 2 fully saturated rings. The van der Waals surface area contributed by atoms with Gasteiger partial charge in [0, 0.05) is 18.8 Å². The van der Waals surface area contributed by atoms with Crippen molar-refractivity contribution < 1.29 is 4.79 Å². The molecule has 2 aliphatic rings. The van der Waals surface area contributed by atoms with E-state index in [2.05, 4.69) is 15.5 Å². The van der Waals surface area contributed by atoms with Crippen LogP contribution in [-0.4, -0.2) is 46.7 Å². The molecule has 0 aliphatic carbocycles. The van der Waals surface area contributed by atoms with Crippen molar-refractivity contribution in [2.45, 2.75) is 31.7 Å². The molecule has 2 saturated heterocycles. The van der Waals surface area contributed by atoms with Crippen LogP contribution in [0.5, 0.6) is 0 Å². The Kier molecular flexibility index (Phi) is 3.73. The van der Waals surface area contributed by atoms with Crippen molar-refractivity contribution in [2.75, 3.05) is 19.6 Å². The van der Waals surface area contributed by atoms with Gasteiger partial charge < -0.3 is 10.2 Å². The van der Waals surface area contributed by atoms with Crippen molar-refractivity contribution in [1.82, 2.24) is 20.4 Å². The van der Waals surface area contributed by atoms with Gasteiger partial charge in [0.1, 0.15) is 0 Å². The summed E-state index contributed by atoms with van der Waals surface area (Å²) in [5.41, 5.74) is 0.474. The smallest absolute Gasteiger partial charge is 0.274 e. The van der Waals surface area contributed by atoms with Gasteiger partial charge in [-0.05, 0) is 50.4 Å². The molecule has 0 unspecified atom stereocenters. The van der Waals surface area contributed by atoms with E-state index in [1.165, 1.54) is 12.8 Å². The van der Waals surface area contributed by atoms with E-state index in [9.17, 15) is 4.79 Å².